The molecule has 0 amide bonds. The fourth-order valence-electron chi connectivity index (χ4n) is 10.2. The van der Waals surface area contributed by atoms with Crippen LogP contribution in [0, 0.1) is 11.8 Å². The van der Waals surface area contributed by atoms with Crippen LogP contribution < -0.4 is 0 Å². The number of ether oxygens (including phenoxy) is 4. The van der Waals surface area contributed by atoms with Crippen LogP contribution in [0.5, 0.6) is 0 Å². The van der Waals surface area contributed by atoms with Gasteiger partial charge in [-0.05, 0) is 37.5 Å². The second-order valence-electron chi connectivity index (χ2n) is 25.5. The molecule has 0 spiro atoms. The standard InChI is InChI=1S/C68H132O17P2/c1-7-9-11-13-14-15-16-17-18-22-28-33-39-45-51-66(71)79-57-64(85-68(73)52-46-40-34-29-23-20-19-21-26-31-37-42-48-60(3)4)59-83-87(76,77)81-55-62(69)54-80-86(74,75)82-58-63(56-78-65(70)50-44-36-12-10-8-2)84-67(72)53-47-41-35-30-25-24-27-32-38-43-49-61(5)6/h60-64,69H,7-59H2,1-6H3,(H,74,75)(H,76,77)/t62-,63+,64+/m0/s1. The molecule has 0 rings (SSSR count). The molecule has 0 heterocycles. The molecule has 0 aromatic heterocycles. The Bertz CT molecular complexity index is 1700. The molecule has 0 aromatic carbocycles. The van der Waals surface area contributed by atoms with E-state index >= 15 is 0 Å². The normalized spacial score (nSPS) is 14.2. The van der Waals surface area contributed by atoms with Gasteiger partial charge in [-0.15, -0.1) is 0 Å². The van der Waals surface area contributed by atoms with Gasteiger partial charge in [-0.25, -0.2) is 9.13 Å². The first kappa shape index (κ1) is 85.1. The quantitative estimate of drug-likeness (QED) is 0.0222. The Balaban J connectivity index is 5.17. The number of carbonyl (C=O) groups excluding carboxylic acids is 4. The van der Waals surface area contributed by atoms with Crippen LogP contribution in [0.4, 0.5) is 0 Å². The maximum Gasteiger partial charge on any atom is 0.472 e. The average molecular weight is 1280 g/mol. The molecule has 17 nitrogen and oxygen atoms in total. The van der Waals surface area contributed by atoms with Gasteiger partial charge in [-0.2, -0.15) is 0 Å². The van der Waals surface area contributed by atoms with Crippen LogP contribution in [-0.4, -0.2) is 96.7 Å². The number of rotatable bonds is 67. The monoisotopic (exact) mass is 1280 g/mol. The first-order valence-corrected chi connectivity index (χ1v) is 38.5. The predicted octanol–water partition coefficient (Wildman–Crippen LogP) is 19.2. The molecule has 3 N–H and O–H groups in total. The molecule has 19 heteroatoms. The van der Waals surface area contributed by atoms with Crippen molar-refractivity contribution < 1.29 is 80.2 Å². The van der Waals surface area contributed by atoms with Crippen molar-refractivity contribution in [1.82, 2.24) is 0 Å². The number of carbonyl (C=O) groups is 4. The Hall–Kier alpha value is -1.94. The van der Waals surface area contributed by atoms with Crippen molar-refractivity contribution in [3.63, 3.8) is 0 Å². The van der Waals surface area contributed by atoms with Gasteiger partial charge in [-0.1, -0.05) is 292 Å². The Morgan fingerprint density at radius 3 is 0.782 bits per heavy atom. The van der Waals surface area contributed by atoms with Crippen molar-refractivity contribution in [2.45, 2.75) is 362 Å². The number of hydrogen-bond donors (Lipinski definition) is 3. The molecule has 87 heavy (non-hydrogen) atoms. The Morgan fingerprint density at radius 1 is 0.310 bits per heavy atom. The molecule has 0 aliphatic heterocycles. The van der Waals surface area contributed by atoms with Crippen molar-refractivity contribution >= 4 is 39.5 Å². The molecule has 5 atom stereocenters. The third-order valence-corrected chi connectivity index (χ3v) is 17.6. The fraction of sp³-hybridized carbons (Fsp3) is 0.941. The first-order valence-electron chi connectivity index (χ1n) is 35.5. The molecule has 0 saturated heterocycles. The number of phosphoric ester groups is 2. The highest BCUT2D eigenvalue weighted by Crippen LogP contribution is 2.45. The lowest BCUT2D eigenvalue weighted by Gasteiger charge is -2.21. The van der Waals surface area contributed by atoms with E-state index in [1.165, 1.54) is 154 Å². The second-order valence-corrected chi connectivity index (χ2v) is 28.4. The van der Waals surface area contributed by atoms with Gasteiger partial charge in [0.25, 0.3) is 0 Å². The summed E-state index contributed by atoms with van der Waals surface area (Å²) in [6.45, 7) is 9.45. The summed E-state index contributed by atoms with van der Waals surface area (Å²) in [5.74, 6) is -0.608. The highest BCUT2D eigenvalue weighted by Gasteiger charge is 2.30. The summed E-state index contributed by atoms with van der Waals surface area (Å²) >= 11 is 0. The minimum Gasteiger partial charge on any atom is -0.462 e. The van der Waals surface area contributed by atoms with Gasteiger partial charge in [0.2, 0.25) is 0 Å². The number of esters is 4. The number of unbranched alkanes of at least 4 members (excludes halogenated alkanes) is 37. The van der Waals surface area contributed by atoms with E-state index in [-0.39, 0.29) is 25.7 Å². The maximum atomic E-state index is 13.0. The average Bonchev–Trinajstić information content (AvgIpc) is 3.68. The zero-order valence-corrected chi connectivity index (χ0v) is 58.1. The van der Waals surface area contributed by atoms with Gasteiger partial charge in [0, 0.05) is 25.7 Å². The smallest absolute Gasteiger partial charge is 0.462 e. The van der Waals surface area contributed by atoms with Gasteiger partial charge in [0.1, 0.15) is 19.3 Å². The van der Waals surface area contributed by atoms with Gasteiger partial charge in [-0.3, -0.25) is 37.3 Å². The summed E-state index contributed by atoms with van der Waals surface area (Å²) in [6.07, 6.45) is 44.7. The van der Waals surface area contributed by atoms with E-state index in [1.54, 1.807) is 0 Å². The van der Waals surface area contributed by atoms with Crippen molar-refractivity contribution in [3.8, 4) is 0 Å². The van der Waals surface area contributed by atoms with E-state index in [9.17, 15) is 43.2 Å². The number of aliphatic hydroxyl groups excluding tert-OH is 1. The van der Waals surface area contributed by atoms with Crippen molar-refractivity contribution in [2.75, 3.05) is 39.6 Å². The van der Waals surface area contributed by atoms with Crippen LogP contribution in [-0.2, 0) is 65.4 Å². The van der Waals surface area contributed by atoms with Crippen molar-refractivity contribution in [1.29, 1.82) is 0 Å². The number of hydrogen-bond acceptors (Lipinski definition) is 15. The van der Waals surface area contributed by atoms with Crippen LogP contribution in [0.2, 0.25) is 0 Å². The van der Waals surface area contributed by atoms with Gasteiger partial charge >= 0.3 is 39.5 Å². The van der Waals surface area contributed by atoms with Crippen molar-refractivity contribution in [3.05, 3.63) is 0 Å². The minimum absolute atomic E-state index is 0.105. The summed E-state index contributed by atoms with van der Waals surface area (Å²) < 4.78 is 68.0. The summed E-state index contributed by atoms with van der Waals surface area (Å²) in [6, 6.07) is 0. The van der Waals surface area contributed by atoms with Gasteiger partial charge in [0.15, 0.2) is 12.2 Å². The molecular formula is C68H132O17P2. The predicted molar refractivity (Wildman–Crippen MR) is 349 cm³/mol. The molecular weight excluding hydrogens is 1150 g/mol. The molecule has 0 aliphatic rings. The van der Waals surface area contributed by atoms with Crippen LogP contribution in [0.15, 0.2) is 0 Å². The van der Waals surface area contributed by atoms with Crippen LogP contribution >= 0.6 is 15.6 Å². The first-order chi connectivity index (χ1) is 41.9. The molecule has 2 unspecified atom stereocenters. The lowest BCUT2D eigenvalue weighted by Crippen LogP contribution is -2.30. The van der Waals surface area contributed by atoms with E-state index in [0.29, 0.717) is 25.7 Å². The third-order valence-electron chi connectivity index (χ3n) is 15.7. The molecule has 0 aromatic rings. The largest absolute Gasteiger partial charge is 0.472 e. The van der Waals surface area contributed by atoms with E-state index in [2.05, 4.69) is 41.5 Å². The summed E-state index contributed by atoms with van der Waals surface area (Å²) in [7, 11) is -9.89. The minimum atomic E-state index is -4.95. The van der Waals surface area contributed by atoms with E-state index in [4.69, 9.17) is 37.0 Å². The maximum absolute atomic E-state index is 13.0. The fourth-order valence-corrected chi connectivity index (χ4v) is 11.8. The topological polar surface area (TPSA) is 237 Å². The molecule has 516 valence electrons. The Morgan fingerprint density at radius 2 is 0.529 bits per heavy atom. The van der Waals surface area contributed by atoms with Gasteiger partial charge in [0.05, 0.1) is 26.4 Å². The third kappa shape index (κ3) is 62.6. The van der Waals surface area contributed by atoms with Crippen LogP contribution in [0.25, 0.3) is 0 Å². The summed E-state index contributed by atoms with van der Waals surface area (Å²) in [4.78, 5) is 72.2. The molecule has 0 aliphatic carbocycles. The van der Waals surface area contributed by atoms with E-state index < -0.39 is 97.5 Å². The summed E-state index contributed by atoms with van der Waals surface area (Å²) in [5.41, 5.74) is 0. The zero-order valence-electron chi connectivity index (χ0n) is 56.3. The van der Waals surface area contributed by atoms with Crippen LogP contribution in [0.1, 0.15) is 343 Å². The molecule has 0 bridgehead atoms. The second kappa shape index (κ2) is 60.3. The Labute approximate surface area is 530 Å². The van der Waals surface area contributed by atoms with Crippen LogP contribution in [0.3, 0.4) is 0 Å². The molecule has 0 saturated carbocycles. The summed E-state index contributed by atoms with van der Waals surface area (Å²) in [5, 5.41) is 10.5. The molecule has 0 fully saturated rings. The number of phosphoric acid groups is 2. The SMILES string of the molecule is CCCCCCCCCCCCCCCCC(=O)OC[C@H](COP(=O)(O)OC[C@@H](O)COP(=O)(O)OC[C@@H](COC(=O)CCCCCCC)OC(=O)CCCCCCCCCCCCC(C)C)OC(=O)CCCCCCCCCCCCCCC(C)C. The van der Waals surface area contributed by atoms with Crippen molar-refractivity contribution in [2.24, 2.45) is 11.8 Å². The zero-order chi connectivity index (χ0) is 64.3. The van der Waals surface area contributed by atoms with Gasteiger partial charge < -0.3 is 33.8 Å². The number of aliphatic hydroxyl groups is 1. The lowest BCUT2D eigenvalue weighted by atomic mass is 10.0. The highest BCUT2D eigenvalue weighted by molar-refractivity contribution is 7.47. The van der Waals surface area contributed by atoms with E-state index in [0.717, 1.165) is 108 Å². The Kier molecular flexibility index (Phi) is 59.0. The molecule has 0 radical (unpaired) electrons. The van der Waals surface area contributed by atoms with E-state index in [1.807, 2.05) is 0 Å². The lowest BCUT2D eigenvalue weighted by molar-refractivity contribution is -0.161. The highest BCUT2D eigenvalue weighted by atomic mass is 31.2.